The van der Waals surface area contributed by atoms with Gasteiger partial charge in [-0.15, -0.1) is 0 Å². The number of aliphatic hydroxyl groups excluding tert-OH is 1. The van der Waals surface area contributed by atoms with E-state index in [9.17, 15) is 18.1 Å². The molecule has 0 saturated heterocycles. The van der Waals surface area contributed by atoms with Gasteiger partial charge in [-0.1, -0.05) is 104 Å². The molecule has 170 valence electrons. The van der Waals surface area contributed by atoms with E-state index in [4.69, 9.17) is 0 Å². The maximum atomic E-state index is 11.5. The molecule has 0 aromatic heterocycles. The van der Waals surface area contributed by atoms with Crippen molar-refractivity contribution < 1.29 is 47.6 Å². The molecule has 0 amide bonds. The van der Waals surface area contributed by atoms with Crippen LogP contribution in [0.3, 0.4) is 0 Å². The number of aliphatic hydroxyl groups is 1. The van der Waals surface area contributed by atoms with E-state index in [1.54, 1.807) is 0 Å². The van der Waals surface area contributed by atoms with Crippen molar-refractivity contribution in [1.29, 1.82) is 0 Å². The van der Waals surface area contributed by atoms with Crippen molar-refractivity contribution in [3.05, 3.63) is 0 Å². The molecule has 0 aliphatic carbocycles. The molecule has 0 saturated carbocycles. The molecule has 0 heterocycles. The van der Waals surface area contributed by atoms with E-state index in [1.165, 1.54) is 51.4 Å². The third-order valence-corrected chi connectivity index (χ3v) is 7.03. The molecule has 0 spiro atoms. The van der Waals surface area contributed by atoms with Crippen LogP contribution in [0.4, 0.5) is 0 Å². The van der Waals surface area contributed by atoms with Crippen LogP contribution in [-0.2, 0) is 10.1 Å². The molecule has 0 aromatic carbocycles. The monoisotopic (exact) mass is 442 g/mol. The van der Waals surface area contributed by atoms with E-state index in [2.05, 4.69) is 13.8 Å². The molecule has 6 heteroatoms. The predicted octanol–water partition coefficient (Wildman–Crippen LogP) is 3.72. The van der Waals surface area contributed by atoms with Crippen LogP contribution in [0, 0.1) is 0 Å². The second-order valence-corrected chi connectivity index (χ2v) is 10.2. The van der Waals surface area contributed by atoms with E-state index in [0.29, 0.717) is 25.7 Å². The first kappa shape index (κ1) is 32.1. The second-order valence-electron chi connectivity index (χ2n) is 8.52. The zero-order valence-electron chi connectivity index (χ0n) is 19.7. The third kappa shape index (κ3) is 21.9. The van der Waals surface area contributed by atoms with Gasteiger partial charge in [0.1, 0.15) is 0 Å². The summed E-state index contributed by atoms with van der Waals surface area (Å²) in [6, 6.07) is 0. The van der Waals surface area contributed by atoms with Crippen molar-refractivity contribution in [3.8, 4) is 0 Å². The van der Waals surface area contributed by atoms with Crippen molar-refractivity contribution in [1.82, 2.24) is 0 Å². The Morgan fingerprint density at radius 3 is 1.45 bits per heavy atom. The molecule has 2 unspecified atom stereocenters. The summed E-state index contributed by atoms with van der Waals surface area (Å²) in [5.74, 6) is 0. The minimum atomic E-state index is -4.23. The first-order valence-corrected chi connectivity index (χ1v) is 13.5. The predicted molar refractivity (Wildman–Crippen MR) is 119 cm³/mol. The first-order valence-electron chi connectivity index (χ1n) is 12.0. The van der Waals surface area contributed by atoms with Crippen LogP contribution in [0.2, 0.25) is 0 Å². The Hall–Kier alpha value is 0.870. The molecule has 2 atom stereocenters. The summed E-state index contributed by atoms with van der Waals surface area (Å²) in [6.45, 7) is 4.37. The molecule has 1 N–H and O–H groups in total. The fourth-order valence-corrected chi connectivity index (χ4v) is 4.74. The molecule has 0 radical (unpaired) electrons. The quantitative estimate of drug-likeness (QED) is 0.167. The topological polar surface area (TPSA) is 77.4 Å². The molecular formula is C23H47NaO4S. The van der Waals surface area contributed by atoms with Crippen LogP contribution in [0.15, 0.2) is 0 Å². The average molecular weight is 443 g/mol. The van der Waals surface area contributed by atoms with Gasteiger partial charge < -0.3 is 9.66 Å². The molecule has 0 rings (SSSR count). The number of rotatable bonds is 21. The van der Waals surface area contributed by atoms with Gasteiger partial charge >= 0.3 is 29.6 Å². The number of unbranched alkanes of at least 4 members (excludes halogenated alkanes) is 12. The smallest absolute Gasteiger partial charge is 0.748 e. The Balaban J connectivity index is 0. The van der Waals surface area contributed by atoms with Crippen LogP contribution in [0.25, 0.3) is 0 Å². The van der Waals surface area contributed by atoms with E-state index in [-0.39, 0.29) is 35.7 Å². The fourth-order valence-electron chi connectivity index (χ4n) is 3.82. The SMILES string of the molecule is CCCCCCCCCCCCCC(CCCC(O)CCCCC)S(=O)(=O)[O-].[Na+]. The summed E-state index contributed by atoms with van der Waals surface area (Å²) in [5, 5.41) is 9.17. The van der Waals surface area contributed by atoms with Crippen LogP contribution in [0.1, 0.15) is 136 Å². The first-order chi connectivity index (χ1) is 13.4. The van der Waals surface area contributed by atoms with E-state index >= 15 is 0 Å². The van der Waals surface area contributed by atoms with Crippen LogP contribution >= 0.6 is 0 Å². The van der Waals surface area contributed by atoms with Crippen molar-refractivity contribution in [3.63, 3.8) is 0 Å². The maximum absolute atomic E-state index is 11.5. The zero-order valence-corrected chi connectivity index (χ0v) is 22.5. The number of hydrogen-bond acceptors (Lipinski definition) is 4. The summed E-state index contributed by atoms with van der Waals surface area (Å²) in [7, 11) is -4.23. The standard InChI is InChI=1S/C23H48O4S.Na/c1-3-5-7-8-9-10-11-12-13-14-16-20-23(28(25,26)27)21-17-19-22(24)18-15-6-4-2;/h22-24H,3-21H2,1-2H3,(H,25,26,27);/q;+1/p-1. The van der Waals surface area contributed by atoms with Crippen molar-refractivity contribution in [2.45, 2.75) is 147 Å². The molecule has 4 nitrogen and oxygen atoms in total. The summed E-state index contributed by atoms with van der Waals surface area (Å²) >= 11 is 0. The average Bonchev–Trinajstić information content (AvgIpc) is 2.64. The minimum Gasteiger partial charge on any atom is -0.748 e. The molecule has 0 bridgehead atoms. The van der Waals surface area contributed by atoms with E-state index in [0.717, 1.165) is 44.9 Å². The Kier molecular flexibility index (Phi) is 24.4. The molecule has 0 aromatic rings. The molecular weight excluding hydrogens is 395 g/mol. The molecule has 0 aliphatic rings. The summed E-state index contributed by atoms with van der Waals surface area (Å²) in [6.07, 6.45) is 19.2. The number of hydrogen-bond donors (Lipinski definition) is 1. The van der Waals surface area contributed by atoms with Gasteiger partial charge in [-0.05, 0) is 32.1 Å². The van der Waals surface area contributed by atoms with Gasteiger partial charge in [-0.2, -0.15) is 0 Å². The van der Waals surface area contributed by atoms with Crippen molar-refractivity contribution in [2.75, 3.05) is 0 Å². The van der Waals surface area contributed by atoms with E-state index < -0.39 is 15.4 Å². The van der Waals surface area contributed by atoms with Crippen molar-refractivity contribution in [2.24, 2.45) is 0 Å². The molecule has 0 aliphatic heterocycles. The van der Waals surface area contributed by atoms with E-state index in [1.807, 2.05) is 0 Å². The van der Waals surface area contributed by atoms with Gasteiger partial charge in [-0.25, -0.2) is 8.42 Å². The second kappa shape index (κ2) is 22.1. The van der Waals surface area contributed by atoms with Crippen molar-refractivity contribution >= 4 is 10.1 Å². The molecule has 29 heavy (non-hydrogen) atoms. The maximum Gasteiger partial charge on any atom is 1.00 e. The third-order valence-electron chi connectivity index (χ3n) is 5.74. The van der Waals surface area contributed by atoms with Gasteiger partial charge in [0.05, 0.1) is 16.2 Å². The Morgan fingerprint density at radius 1 is 0.621 bits per heavy atom. The summed E-state index contributed by atoms with van der Waals surface area (Å²) in [5.41, 5.74) is 0. The van der Waals surface area contributed by atoms with Crippen LogP contribution in [0.5, 0.6) is 0 Å². The van der Waals surface area contributed by atoms with Crippen LogP contribution in [-0.4, -0.2) is 29.4 Å². The minimum absolute atomic E-state index is 0. The van der Waals surface area contributed by atoms with Gasteiger partial charge in [0, 0.05) is 5.25 Å². The normalized spacial score (nSPS) is 13.8. The summed E-state index contributed by atoms with van der Waals surface area (Å²) in [4.78, 5) is 0. The largest absolute Gasteiger partial charge is 1.00 e. The summed E-state index contributed by atoms with van der Waals surface area (Å²) < 4.78 is 34.5. The molecule has 0 fully saturated rings. The van der Waals surface area contributed by atoms with Gasteiger partial charge in [-0.3, -0.25) is 0 Å². The van der Waals surface area contributed by atoms with Gasteiger partial charge in [0.25, 0.3) is 0 Å². The van der Waals surface area contributed by atoms with Gasteiger partial charge in [0.15, 0.2) is 0 Å². The Morgan fingerprint density at radius 2 is 0.966 bits per heavy atom. The fraction of sp³-hybridized carbons (Fsp3) is 1.00. The zero-order chi connectivity index (χ0) is 21.1. The Bertz CT molecular complexity index is 429. The van der Waals surface area contributed by atoms with Gasteiger partial charge in [0.2, 0.25) is 0 Å². The van der Waals surface area contributed by atoms with Crippen LogP contribution < -0.4 is 29.6 Å². The Labute approximate surface area is 204 Å².